The van der Waals surface area contributed by atoms with Crippen LogP contribution in [0.3, 0.4) is 0 Å². The summed E-state index contributed by atoms with van der Waals surface area (Å²) in [7, 11) is 0. The minimum absolute atomic E-state index is 0.108. The van der Waals surface area contributed by atoms with Crippen LogP contribution in [0.15, 0.2) is 18.2 Å². The Bertz CT molecular complexity index is 442. The van der Waals surface area contributed by atoms with E-state index in [2.05, 4.69) is 25.7 Å². The average Bonchev–Trinajstić information content (AvgIpc) is 2.69. The summed E-state index contributed by atoms with van der Waals surface area (Å²) in [5.74, 6) is -0.166. The minimum atomic E-state index is -0.166. The van der Waals surface area contributed by atoms with Crippen LogP contribution in [-0.2, 0) is 6.42 Å². The molecule has 0 aromatic heterocycles. The van der Waals surface area contributed by atoms with E-state index in [9.17, 15) is 4.39 Å². The van der Waals surface area contributed by atoms with Crippen molar-refractivity contribution >= 4 is 5.69 Å². The Labute approximate surface area is 115 Å². The molecule has 2 rings (SSSR count). The van der Waals surface area contributed by atoms with Crippen molar-refractivity contribution in [2.45, 2.75) is 46.1 Å². The summed E-state index contributed by atoms with van der Waals surface area (Å²) in [6.45, 7) is 8.73. The first-order chi connectivity index (χ1) is 8.91. The molecule has 2 N–H and O–H groups in total. The molecule has 1 fully saturated rings. The smallest absolute Gasteiger partial charge is 0.123 e. The molecule has 1 atom stereocenters. The monoisotopic (exact) mass is 264 g/mol. The summed E-state index contributed by atoms with van der Waals surface area (Å²) in [5.41, 5.74) is 8.59. The van der Waals surface area contributed by atoms with E-state index in [1.807, 2.05) is 6.07 Å². The van der Waals surface area contributed by atoms with Crippen LogP contribution in [0.25, 0.3) is 0 Å². The quantitative estimate of drug-likeness (QED) is 0.903. The highest BCUT2D eigenvalue weighted by Crippen LogP contribution is 2.34. The summed E-state index contributed by atoms with van der Waals surface area (Å²) in [6.07, 6.45) is 2.85. The van der Waals surface area contributed by atoms with Crippen molar-refractivity contribution in [1.82, 2.24) is 0 Å². The molecule has 1 unspecified atom stereocenters. The minimum Gasteiger partial charge on any atom is -0.371 e. The van der Waals surface area contributed by atoms with E-state index in [0.29, 0.717) is 5.41 Å². The number of anilines is 1. The summed E-state index contributed by atoms with van der Waals surface area (Å²) in [5, 5.41) is 0. The van der Waals surface area contributed by atoms with Gasteiger partial charge in [-0.15, -0.1) is 0 Å². The molecule has 106 valence electrons. The molecular weight excluding hydrogens is 239 g/mol. The van der Waals surface area contributed by atoms with Gasteiger partial charge < -0.3 is 10.6 Å². The third kappa shape index (κ3) is 3.47. The molecule has 19 heavy (non-hydrogen) atoms. The van der Waals surface area contributed by atoms with Crippen LogP contribution in [0.1, 0.15) is 39.2 Å². The number of rotatable bonds is 4. The standard InChI is InChI=1S/C16H25FN2/c1-4-14(18)10-12-9-13(17)5-6-15(12)19-8-7-16(2,3)11-19/h5-6,9,14H,4,7-8,10-11,18H2,1-3H3. The first-order valence-corrected chi connectivity index (χ1v) is 7.20. The summed E-state index contributed by atoms with van der Waals surface area (Å²) < 4.78 is 13.5. The molecule has 0 spiro atoms. The average molecular weight is 264 g/mol. The van der Waals surface area contributed by atoms with Gasteiger partial charge in [0.2, 0.25) is 0 Å². The molecule has 3 heteroatoms. The van der Waals surface area contributed by atoms with Crippen molar-refractivity contribution in [2.24, 2.45) is 11.1 Å². The van der Waals surface area contributed by atoms with Gasteiger partial charge in [-0.1, -0.05) is 20.8 Å². The molecular formula is C16H25FN2. The Morgan fingerprint density at radius 1 is 1.42 bits per heavy atom. The maximum atomic E-state index is 13.5. The van der Waals surface area contributed by atoms with Gasteiger partial charge in [0, 0.05) is 24.8 Å². The van der Waals surface area contributed by atoms with E-state index in [1.165, 1.54) is 6.42 Å². The summed E-state index contributed by atoms with van der Waals surface area (Å²) in [4.78, 5) is 2.37. The summed E-state index contributed by atoms with van der Waals surface area (Å²) in [6, 6.07) is 5.22. The van der Waals surface area contributed by atoms with Crippen molar-refractivity contribution in [3.05, 3.63) is 29.6 Å². The fourth-order valence-corrected chi connectivity index (χ4v) is 2.77. The van der Waals surface area contributed by atoms with Crippen LogP contribution in [0.2, 0.25) is 0 Å². The lowest BCUT2D eigenvalue weighted by atomic mass is 9.93. The third-order valence-electron chi connectivity index (χ3n) is 4.07. The van der Waals surface area contributed by atoms with Crippen LogP contribution < -0.4 is 10.6 Å². The van der Waals surface area contributed by atoms with Gasteiger partial charge in [-0.3, -0.25) is 0 Å². The van der Waals surface area contributed by atoms with Crippen LogP contribution >= 0.6 is 0 Å². The lowest BCUT2D eigenvalue weighted by molar-refractivity contribution is 0.418. The van der Waals surface area contributed by atoms with Gasteiger partial charge in [0.25, 0.3) is 0 Å². The molecule has 2 nitrogen and oxygen atoms in total. The number of hydrogen-bond acceptors (Lipinski definition) is 2. The Kier molecular flexibility index (Phi) is 4.14. The first kappa shape index (κ1) is 14.3. The maximum Gasteiger partial charge on any atom is 0.123 e. The topological polar surface area (TPSA) is 29.3 Å². The zero-order valence-corrected chi connectivity index (χ0v) is 12.2. The molecule has 0 amide bonds. The number of benzene rings is 1. The number of hydrogen-bond donors (Lipinski definition) is 1. The lowest BCUT2D eigenvalue weighted by Crippen LogP contribution is -2.26. The van der Waals surface area contributed by atoms with Crippen LogP contribution in [-0.4, -0.2) is 19.1 Å². The van der Waals surface area contributed by atoms with Gasteiger partial charge in [-0.05, 0) is 48.4 Å². The van der Waals surface area contributed by atoms with Gasteiger partial charge in [-0.2, -0.15) is 0 Å². The van der Waals surface area contributed by atoms with Crippen LogP contribution in [0, 0.1) is 11.2 Å². The van der Waals surface area contributed by atoms with E-state index in [-0.39, 0.29) is 11.9 Å². The molecule has 0 bridgehead atoms. The fourth-order valence-electron chi connectivity index (χ4n) is 2.77. The Hall–Kier alpha value is -1.09. The van der Waals surface area contributed by atoms with Crippen molar-refractivity contribution in [3.8, 4) is 0 Å². The van der Waals surface area contributed by atoms with E-state index in [1.54, 1.807) is 12.1 Å². The molecule has 1 heterocycles. The highest BCUT2D eigenvalue weighted by Gasteiger charge is 2.30. The first-order valence-electron chi connectivity index (χ1n) is 7.20. The predicted molar refractivity (Wildman–Crippen MR) is 79.0 cm³/mol. The molecule has 0 aliphatic carbocycles. The molecule has 0 radical (unpaired) electrons. The molecule has 1 aliphatic heterocycles. The fraction of sp³-hybridized carbons (Fsp3) is 0.625. The Balaban J connectivity index is 2.24. The lowest BCUT2D eigenvalue weighted by Gasteiger charge is -2.25. The molecule has 0 saturated carbocycles. The molecule has 1 saturated heterocycles. The number of nitrogens with zero attached hydrogens (tertiary/aromatic N) is 1. The van der Waals surface area contributed by atoms with E-state index >= 15 is 0 Å². The van der Waals surface area contributed by atoms with E-state index in [0.717, 1.165) is 37.2 Å². The van der Waals surface area contributed by atoms with Crippen molar-refractivity contribution in [2.75, 3.05) is 18.0 Å². The van der Waals surface area contributed by atoms with Gasteiger partial charge in [0.15, 0.2) is 0 Å². The van der Waals surface area contributed by atoms with Crippen molar-refractivity contribution < 1.29 is 4.39 Å². The van der Waals surface area contributed by atoms with Gasteiger partial charge in [-0.25, -0.2) is 4.39 Å². The second kappa shape index (κ2) is 5.49. The zero-order valence-electron chi connectivity index (χ0n) is 12.2. The van der Waals surface area contributed by atoms with Gasteiger partial charge >= 0.3 is 0 Å². The van der Waals surface area contributed by atoms with Crippen molar-refractivity contribution in [3.63, 3.8) is 0 Å². The highest BCUT2D eigenvalue weighted by molar-refractivity contribution is 5.55. The van der Waals surface area contributed by atoms with E-state index < -0.39 is 0 Å². The van der Waals surface area contributed by atoms with Crippen LogP contribution in [0.5, 0.6) is 0 Å². The Morgan fingerprint density at radius 3 is 2.74 bits per heavy atom. The molecule has 1 aromatic carbocycles. The van der Waals surface area contributed by atoms with Gasteiger partial charge in [0.05, 0.1) is 0 Å². The second-order valence-corrected chi connectivity index (χ2v) is 6.48. The predicted octanol–water partition coefficient (Wildman–Crippen LogP) is 3.34. The highest BCUT2D eigenvalue weighted by atomic mass is 19.1. The number of halogens is 1. The maximum absolute atomic E-state index is 13.5. The largest absolute Gasteiger partial charge is 0.371 e. The molecule has 1 aliphatic rings. The Morgan fingerprint density at radius 2 is 2.16 bits per heavy atom. The van der Waals surface area contributed by atoms with E-state index in [4.69, 9.17) is 5.73 Å². The second-order valence-electron chi connectivity index (χ2n) is 6.48. The summed E-state index contributed by atoms with van der Waals surface area (Å²) >= 11 is 0. The van der Waals surface area contributed by atoms with Gasteiger partial charge in [0.1, 0.15) is 5.82 Å². The zero-order chi connectivity index (χ0) is 14.0. The van der Waals surface area contributed by atoms with Crippen LogP contribution in [0.4, 0.5) is 10.1 Å². The van der Waals surface area contributed by atoms with Crippen molar-refractivity contribution in [1.29, 1.82) is 0 Å². The third-order valence-corrected chi connectivity index (χ3v) is 4.07. The SMILES string of the molecule is CCC(N)Cc1cc(F)ccc1N1CCC(C)(C)C1. The number of nitrogens with two attached hydrogens (primary N) is 1. The normalized spacial score (nSPS) is 19.7. The molecule has 1 aromatic rings.